The van der Waals surface area contributed by atoms with Gasteiger partial charge in [-0.2, -0.15) is 0 Å². The van der Waals surface area contributed by atoms with E-state index in [2.05, 4.69) is 20.6 Å². The summed E-state index contributed by atoms with van der Waals surface area (Å²) < 4.78 is 5.62. The summed E-state index contributed by atoms with van der Waals surface area (Å²) in [5.41, 5.74) is 0.159. The highest BCUT2D eigenvalue weighted by molar-refractivity contribution is 7.13. The molecule has 1 aliphatic rings. The molecular formula is C17H23N3O3S. The molecule has 0 unspecified atom stereocenters. The fourth-order valence-corrected chi connectivity index (χ4v) is 3.80. The summed E-state index contributed by atoms with van der Waals surface area (Å²) in [4.78, 5) is 15.8. The van der Waals surface area contributed by atoms with Crippen LogP contribution in [-0.4, -0.2) is 26.3 Å². The van der Waals surface area contributed by atoms with Gasteiger partial charge >= 0.3 is 5.97 Å². The van der Waals surface area contributed by atoms with E-state index in [4.69, 9.17) is 4.42 Å². The van der Waals surface area contributed by atoms with Gasteiger partial charge in [-0.1, -0.05) is 32.1 Å². The summed E-state index contributed by atoms with van der Waals surface area (Å²) in [7, 11) is 0. The molecule has 1 aliphatic carbocycles. The van der Waals surface area contributed by atoms with Crippen molar-refractivity contribution in [1.82, 2.24) is 15.2 Å². The lowest BCUT2D eigenvalue weighted by atomic mass is 9.86. The molecule has 2 heterocycles. The monoisotopic (exact) mass is 349 g/mol. The zero-order valence-electron chi connectivity index (χ0n) is 14.1. The van der Waals surface area contributed by atoms with Crippen molar-refractivity contribution in [3.8, 4) is 10.9 Å². The first-order chi connectivity index (χ1) is 11.4. The van der Waals surface area contributed by atoms with Gasteiger partial charge in [0.1, 0.15) is 0 Å². The van der Waals surface area contributed by atoms with Crippen LogP contribution in [0.5, 0.6) is 0 Å². The lowest BCUT2D eigenvalue weighted by Gasteiger charge is -2.20. The van der Waals surface area contributed by atoms with Crippen LogP contribution in [0, 0.1) is 11.3 Å². The van der Waals surface area contributed by atoms with E-state index < -0.39 is 11.4 Å². The van der Waals surface area contributed by atoms with Gasteiger partial charge in [-0.3, -0.25) is 4.79 Å². The number of rotatable bonds is 6. The molecule has 0 aliphatic heterocycles. The molecule has 0 atom stereocenters. The average Bonchev–Trinajstić information content (AvgIpc) is 3.17. The Morgan fingerprint density at radius 2 is 2.08 bits per heavy atom. The van der Waals surface area contributed by atoms with Crippen LogP contribution in [0.3, 0.4) is 0 Å². The summed E-state index contributed by atoms with van der Waals surface area (Å²) in [6, 6.07) is 0. The zero-order chi connectivity index (χ0) is 17.2. The predicted molar refractivity (Wildman–Crippen MR) is 90.8 cm³/mol. The average molecular weight is 349 g/mol. The number of aliphatic carboxylic acids is 1. The molecule has 130 valence electrons. The first-order valence-electron chi connectivity index (χ1n) is 8.44. The predicted octanol–water partition coefficient (Wildman–Crippen LogP) is 3.97. The molecule has 2 aromatic rings. The molecule has 0 bridgehead atoms. The van der Waals surface area contributed by atoms with Crippen molar-refractivity contribution in [2.24, 2.45) is 11.3 Å². The van der Waals surface area contributed by atoms with Crippen LogP contribution in [0.1, 0.15) is 57.5 Å². The molecule has 1 saturated carbocycles. The Balaban J connectivity index is 1.66. The molecular weight excluding hydrogens is 326 g/mol. The van der Waals surface area contributed by atoms with Gasteiger partial charge in [0, 0.05) is 11.8 Å². The third-order valence-corrected chi connectivity index (χ3v) is 5.48. The topological polar surface area (TPSA) is 89.1 Å². The quantitative estimate of drug-likeness (QED) is 0.849. The number of thiazole rings is 1. The van der Waals surface area contributed by atoms with Crippen LogP contribution in [0.2, 0.25) is 0 Å². The summed E-state index contributed by atoms with van der Waals surface area (Å²) >= 11 is 1.51. The Bertz CT molecular complexity index is 702. The molecule has 0 spiro atoms. The lowest BCUT2D eigenvalue weighted by molar-refractivity contribution is -0.147. The number of carbonyl (C=O) groups is 1. The standard InChI is InChI=1S/C17H23N3O3S/c1-17(2,16(21)22)9-13-19-20-14(23-13)15-18-12(10-24-15)8-11-6-4-3-5-7-11/h10-11H,3-9H2,1-2H3,(H,21,22). The number of carboxylic acid groups (broad SMARTS) is 1. The number of hydrogen-bond donors (Lipinski definition) is 1. The third kappa shape index (κ3) is 4.01. The fraction of sp³-hybridized carbons (Fsp3) is 0.647. The van der Waals surface area contributed by atoms with Crippen molar-refractivity contribution >= 4 is 17.3 Å². The van der Waals surface area contributed by atoms with Crippen molar-refractivity contribution in [2.45, 2.75) is 58.8 Å². The molecule has 3 rings (SSSR count). The van der Waals surface area contributed by atoms with Crippen LogP contribution < -0.4 is 0 Å². The van der Waals surface area contributed by atoms with Crippen LogP contribution in [0.25, 0.3) is 10.9 Å². The van der Waals surface area contributed by atoms with Crippen LogP contribution in [0.15, 0.2) is 9.80 Å². The van der Waals surface area contributed by atoms with Gasteiger partial charge in [-0.05, 0) is 26.2 Å². The highest BCUT2D eigenvalue weighted by Crippen LogP contribution is 2.30. The molecule has 1 fully saturated rings. The van der Waals surface area contributed by atoms with Gasteiger partial charge in [0.25, 0.3) is 5.89 Å². The van der Waals surface area contributed by atoms with Gasteiger partial charge in [0.05, 0.1) is 11.1 Å². The Morgan fingerprint density at radius 1 is 1.33 bits per heavy atom. The third-order valence-electron chi connectivity index (χ3n) is 4.60. The normalized spacial score (nSPS) is 16.4. The van der Waals surface area contributed by atoms with E-state index >= 15 is 0 Å². The van der Waals surface area contributed by atoms with Crippen LogP contribution in [-0.2, 0) is 17.6 Å². The van der Waals surface area contributed by atoms with E-state index in [9.17, 15) is 9.90 Å². The smallest absolute Gasteiger partial charge is 0.309 e. The Hall–Kier alpha value is -1.76. The molecule has 7 heteroatoms. The molecule has 2 aromatic heterocycles. The maximum Gasteiger partial charge on any atom is 0.309 e. The first-order valence-corrected chi connectivity index (χ1v) is 9.32. The Morgan fingerprint density at radius 3 is 2.79 bits per heavy atom. The van der Waals surface area contributed by atoms with Gasteiger partial charge in [0.15, 0.2) is 5.01 Å². The largest absolute Gasteiger partial charge is 0.481 e. The lowest BCUT2D eigenvalue weighted by Crippen LogP contribution is -2.26. The van der Waals surface area contributed by atoms with Crippen molar-refractivity contribution in [3.05, 3.63) is 17.0 Å². The first kappa shape index (κ1) is 17.1. The Labute approximate surface area is 145 Å². The molecule has 0 radical (unpaired) electrons. The maximum absolute atomic E-state index is 11.2. The minimum atomic E-state index is -0.932. The summed E-state index contributed by atoms with van der Waals surface area (Å²) in [5.74, 6) is 0.571. The molecule has 0 amide bonds. The van der Waals surface area contributed by atoms with E-state index in [-0.39, 0.29) is 6.42 Å². The second-order valence-corrected chi connectivity index (χ2v) is 8.08. The minimum absolute atomic E-state index is 0.204. The minimum Gasteiger partial charge on any atom is -0.481 e. The van der Waals surface area contributed by atoms with Gasteiger partial charge in [0.2, 0.25) is 5.89 Å². The fourth-order valence-electron chi connectivity index (χ4n) is 3.05. The molecule has 1 N–H and O–H groups in total. The Kier molecular flexibility index (Phi) is 4.99. The van der Waals surface area contributed by atoms with Crippen molar-refractivity contribution in [1.29, 1.82) is 0 Å². The van der Waals surface area contributed by atoms with Crippen molar-refractivity contribution in [2.75, 3.05) is 0 Å². The maximum atomic E-state index is 11.2. The van der Waals surface area contributed by atoms with Crippen LogP contribution >= 0.6 is 11.3 Å². The molecule has 0 aromatic carbocycles. The van der Waals surface area contributed by atoms with Gasteiger partial charge in [-0.15, -0.1) is 21.5 Å². The second kappa shape index (κ2) is 7.01. The number of carboxylic acids is 1. The SMILES string of the molecule is CC(C)(Cc1nnc(-c2nc(CC3CCCCC3)cs2)o1)C(=O)O. The number of hydrogen-bond acceptors (Lipinski definition) is 6. The van der Waals surface area contributed by atoms with E-state index in [1.807, 2.05) is 0 Å². The van der Waals surface area contributed by atoms with Crippen molar-refractivity contribution < 1.29 is 14.3 Å². The van der Waals surface area contributed by atoms with Crippen LogP contribution in [0.4, 0.5) is 0 Å². The van der Waals surface area contributed by atoms with E-state index in [0.717, 1.165) is 18.0 Å². The molecule has 0 saturated heterocycles. The van der Waals surface area contributed by atoms with E-state index in [1.54, 1.807) is 13.8 Å². The number of nitrogens with zero attached hydrogens (tertiary/aromatic N) is 3. The van der Waals surface area contributed by atoms with E-state index in [0.29, 0.717) is 16.8 Å². The van der Waals surface area contributed by atoms with Gasteiger partial charge in [-0.25, -0.2) is 4.98 Å². The van der Waals surface area contributed by atoms with Crippen molar-refractivity contribution in [3.63, 3.8) is 0 Å². The highest BCUT2D eigenvalue weighted by atomic mass is 32.1. The highest BCUT2D eigenvalue weighted by Gasteiger charge is 2.30. The van der Waals surface area contributed by atoms with E-state index in [1.165, 1.54) is 43.4 Å². The summed E-state index contributed by atoms with van der Waals surface area (Å²) in [5, 5.41) is 20.0. The molecule has 6 nitrogen and oxygen atoms in total. The molecule has 24 heavy (non-hydrogen) atoms. The second-order valence-electron chi connectivity index (χ2n) is 7.22. The summed E-state index contributed by atoms with van der Waals surface area (Å²) in [6.07, 6.45) is 7.82. The van der Waals surface area contributed by atoms with Gasteiger partial charge < -0.3 is 9.52 Å². The number of aromatic nitrogens is 3. The zero-order valence-corrected chi connectivity index (χ0v) is 14.9. The summed E-state index contributed by atoms with van der Waals surface area (Å²) in [6.45, 7) is 3.29.